The molecule has 21 heavy (non-hydrogen) atoms. The van der Waals surface area contributed by atoms with E-state index in [2.05, 4.69) is 31.4 Å². The van der Waals surface area contributed by atoms with Crippen molar-refractivity contribution in [3.05, 3.63) is 29.3 Å². The second-order valence-electron chi connectivity index (χ2n) is 6.31. The lowest BCUT2D eigenvalue weighted by Crippen LogP contribution is -2.27. The summed E-state index contributed by atoms with van der Waals surface area (Å²) in [5, 5.41) is 5.36. The Balaban J connectivity index is 2.73. The van der Waals surface area contributed by atoms with Crippen LogP contribution in [0.1, 0.15) is 50.9 Å². The summed E-state index contributed by atoms with van der Waals surface area (Å²) >= 11 is 0. The van der Waals surface area contributed by atoms with E-state index in [4.69, 9.17) is 0 Å². The number of amides is 1. The molecule has 1 amide bonds. The van der Waals surface area contributed by atoms with Gasteiger partial charge in [-0.15, -0.1) is 0 Å². The van der Waals surface area contributed by atoms with Crippen molar-refractivity contribution in [2.75, 3.05) is 18.4 Å². The van der Waals surface area contributed by atoms with E-state index in [0.29, 0.717) is 13.1 Å². The molecule has 0 saturated carbocycles. The smallest absolute Gasteiger partial charge is 0.251 e. The van der Waals surface area contributed by atoms with Gasteiger partial charge in [0.1, 0.15) is 17.3 Å². The van der Waals surface area contributed by atoms with Gasteiger partial charge in [-0.05, 0) is 30.4 Å². The normalized spacial score (nSPS) is 11.3. The van der Waals surface area contributed by atoms with Crippen LogP contribution >= 0.6 is 0 Å². The molecular weight excluding hydrogens is 274 g/mol. The van der Waals surface area contributed by atoms with Crippen molar-refractivity contribution in [3.63, 3.8) is 0 Å². The first kappa shape index (κ1) is 17.4. The number of anilines is 1. The van der Waals surface area contributed by atoms with Gasteiger partial charge in [-0.3, -0.25) is 4.79 Å². The molecule has 1 aromatic carbocycles. The van der Waals surface area contributed by atoms with E-state index >= 15 is 0 Å². The molecule has 118 valence electrons. The zero-order valence-electron chi connectivity index (χ0n) is 13.1. The van der Waals surface area contributed by atoms with Crippen LogP contribution in [0.15, 0.2) is 12.1 Å². The van der Waals surface area contributed by atoms with Gasteiger partial charge in [0.15, 0.2) is 0 Å². The van der Waals surface area contributed by atoms with Crippen molar-refractivity contribution in [1.82, 2.24) is 5.32 Å². The monoisotopic (exact) mass is 298 g/mol. The van der Waals surface area contributed by atoms with Crippen molar-refractivity contribution >= 4 is 11.6 Å². The van der Waals surface area contributed by atoms with E-state index < -0.39 is 17.5 Å². The van der Waals surface area contributed by atoms with E-state index in [1.165, 1.54) is 0 Å². The molecule has 5 heteroatoms. The summed E-state index contributed by atoms with van der Waals surface area (Å²) in [7, 11) is 0. The van der Waals surface area contributed by atoms with Gasteiger partial charge in [0, 0.05) is 18.7 Å². The highest BCUT2D eigenvalue weighted by atomic mass is 19.1. The average molecular weight is 298 g/mol. The largest absolute Gasteiger partial charge is 0.380 e. The highest BCUT2D eigenvalue weighted by molar-refractivity contribution is 5.94. The molecule has 0 heterocycles. The molecule has 0 aliphatic rings. The quantitative estimate of drug-likeness (QED) is 0.835. The van der Waals surface area contributed by atoms with Crippen LogP contribution in [0.25, 0.3) is 0 Å². The summed E-state index contributed by atoms with van der Waals surface area (Å²) in [5.74, 6) is -1.95. The highest BCUT2D eigenvalue weighted by Crippen LogP contribution is 2.21. The number of hydrogen-bond donors (Lipinski definition) is 2. The van der Waals surface area contributed by atoms with E-state index in [0.717, 1.165) is 25.0 Å². The third-order valence-electron chi connectivity index (χ3n) is 3.02. The molecule has 1 aromatic rings. The van der Waals surface area contributed by atoms with Crippen molar-refractivity contribution in [2.45, 2.75) is 40.5 Å². The molecule has 0 aliphatic heterocycles. The van der Waals surface area contributed by atoms with Gasteiger partial charge < -0.3 is 10.6 Å². The molecule has 0 bridgehead atoms. The highest BCUT2D eigenvalue weighted by Gasteiger charge is 2.16. The maximum atomic E-state index is 13.8. The predicted molar refractivity (Wildman–Crippen MR) is 81.5 cm³/mol. The number of hydrogen-bond acceptors (Lipinski definition) is 2. The van der Waals surface area contributed by atoms with E-state index in [1.54, 1.807) is 0 Å². The fourth-order valence-electron chi connectivity index (χ4n) is 1.78. The first-order valence-electron chi connectivity index (χ1n) is 7.25. The van der Waals surface area contributed by atoms with Crippen LogP contribution in [0.2, 0.25) is 0 Å². The Kier molecular flexibility index (Phi) is 6.12. The summed E-state index contributed by atoms with van der Waals surface area (Å²) in [6.07, 6.45) is 1.55. The van der Waals surface area contributed by atoms with Gasteiger partial charge in [0.05, 0.1) is 0 Å². The van der Waals surface area contributed by atoms with Gasteiger partial charge in [-0.1, -0.05) is 27.7 Å². The predicted octanol–water partition coefficient (Wildman–Crippen LogP) is 3.95. The van der Waals surface area contributed by atoms with Crippen molar-refractivity contribution < 1.29 is 13.6 Å². The first-order chi connectivity index (χ1) is 9.74. The summed E-state index contributed by atoms with van der Waals surface area (Å²) < 4.78 is 27.6. The summed E-state index contributed by atoms with van der Waals surface area (Å²) in [4.78, 5) is 11.9. The van der Waals surface area contributed by atoms with Gasteiger partial charge in [-0.2, -0.15) is 0 Å². The van der Waals surface area contributed by atoms with Crippen LogP contribution < -0.4 is 10.6 Å². The molecule has 3 nitrogen and oxygen atoms in total. The maximum Gasteiger partial charge on any atom is 0.251 e. The zero-order chi connectivity index (χ0) is 16.0. The Hall–Kier alpha value is -1.65. The number of nitrogens with one attached hydrogen (secondary N) is 2. The van der Waals surface area contributed by atoms with Crippen molar-refractivity contribution in [2.24, 2.45) is 5.41 Å². The number of halogens is 2. The van der Waals surface area contributed by atoms with Gasteiger partial charge in [0.2, 0.25) is 0 Å². The van der Waals surface area contributed by atoms with Crippen LogP contribution in [-0.4, -0.2) is 19.0 Å². The van der Waals surface area contributed by atoms with Crippen LogP contribution in [0, 0.1) is 17.0 Å². The minimum Gasteiger partial charge on any atom is -0.380 e. The Morgan fingerprint density at radius 1 is 1.14 bits per heavy atom. The lowest BCUT2D eigenvalue weighted by atomic mass is 9.92. The SMILES string of the molecule is CCCNc1c(F)cc(C(=O)NCCC(C)(C)C)cc1F. The van der Waals surface area contributed by atoms with E-state index in [1.807, 2.05) is 6.92 Å². The molecule has 0 fully saturated rings. The molecule has 0 atom stereocenters. The lowest BCUT2D eigenvalue weighted by molar-refractivity contribution is 0.0948. The van der Waals surface area contributed by atoms with Gasteiger partial charge in [0.25, 0.3) is 5.91 Å². The van der Waals surface area contributed by atoms with Crippen LogP contribution in [0.4, 0.5) is 14.5 Å². The molecule has 0 aromatic heterocycles. The minimum atomic E-state index is -0.746. The Bertz CT molecular complexity index is 473. The topological polar surface area (TPSA) is 41.1 Å². The zero-order valence-corrected chi connectivity index (χ0v) is 13.1. The number of carbonyl (C=O) groups is 1. The molecule has 0 unspecified atom stereocenters. The van der Waals surface area contributed by atoms with Crippen LogP contribution in [-0.2, 0) is 0 Å². The molecule has 1 rings (SSSR count). The molecule has 0 spiro atoms. The average Bonchev–Trinajstić information content (AvgIpc) is 2.36. The Morgan fingerprint density at radius 2 is 1.71 bits per heavy atom. The fraction of sp³-hybridized carbons (Fsp3) is 0.562. The molecule has 0 aliphatic carbocycles. The van der Waals surface area contributed by atoms with Crippen molar-refractivity contribution in [3.8, 4) is 0 Å². The summed E-state index contributed by atoms with van der Waals surface area (Å²) in [6.45, 7) is 9.04. The third-order valence-corrected chi connectivity index (χ3v) is 3.02. The lowest BCUT2D eigenvalue weighted by Gasteiger charge is -2.18. The van der Waals surface area contributed by atoms with E-state index in [-0.39, 0.29) is 16.7 Å². The maximum absolute atomic E-state index is 13.8. The summed E-state index contributed by atoms with van der Waals surface area (Å²) in [6, 6.07) is 2.13. The number of benzene rings is 1. The van der Waals surface area contributed by atoms with Crippen LogP contribution in [0.5, 0.6) is 0 Å². The second-order valence-corrected chi connectivity index (χ2v) is 6.31. The summed E-state index contributed by atoms with van der Waals surface area (Å²) in [5.41, 5.74) is -0.0819. The Morgan fingerprint density at radius 3 is 2.19 bits per heavy atom. The molecule has 0 radical (unpaired) electrons. The Labute approximate surface area is 125 Å². The van der Waals surface area contributed by atoms with Crippen LogP contribution in [0.3, 0.4) is 0 Å². The third kappa shape index (κ3) is 5.69. The van der Waals surface area contributed by atoms with E-state index in [9.17, 15) is 13.6 Å². The van der Waals surface area contributed by atoms with Gasteiger partial charge >= 0.3 is 0 Å². The standard InChI is InChI=1S/C16H24F2N2O/c1-5-7-19-14-12(17)9-11(10-13(14)18)15(21)20-8-6-16(2,3)4/h9-10,19H,5-8H2,1-4H3,(H,20,21). The first-order valence-corrected chi connectivity index (χ1v) is 7.25. The fourth-order valence-corrected chi connectivity index (χ4v) is 1.78. The second kappa shape index (κ2) is 7.38. The van der Waals surface area contributed by atoms with Crippen molar-refractivity contribution in [1.29, 1.82) is 0 Å². The number of rotatable bonds is 6. The molecule has 0 saturated heterocycles. The minimum absolute atomic E-state index is 0.000887. The van der Waals surface area contributed by atoms with Gasteiger partial charge in [-0.25, -0.2) is 8.78 Å². The molecule has 2 N–H and O–H groups in total. The number of carbonyl (C=O) groups excluding carboxylic acids is 1. The molecular formula is C16H24F2N2O.